The van der Waals surface area contributed by atoms with E-state index in [9.17, 15) is 8.42 Å². The third-order valence-electron chi connectivity index (χ3n) is 2.40. The Hall–Kier alpha value is -0.500. The molecule has 1 rings (SSSR count). The van der Waals surface area contributed by atoms with Crippen LogP contribution in [0.5, 0.6) is 0 Å². The number of hydrogen-bond acceptors (Lipinski definition) is 4. The molecule has 0 saturated carbocycles. The smallest absolute Gasteiger partial charge is 0.221 e. The van der Waals surface area contributed by atoms with E-state index in [1.54, 1.807) is 18.3 Å². The molecule has 2 unspecified atom stereocenters. The van der Waals surface area contributed by atoms with Gasteiger partial charge in [-0.2, -0.15) is 0 Å². The van der Waals surface area contributed by atoms with E-state index in [2.05, 4.69) is 4.72 Å². The summed E-state index contributed by atoms with van der Waals surface area (Å²) in [7, 11) is -3.51. The van der Waals surface area contributed by atoms with Crippen LogP contribution >= 0.6 is 23.6 Å². The number of nitrogens with one attached hydrogen (secondary N) is 1. The van der Waals surface area contributed by atoms with E-state index in [1.807, 2.05) is 19.1 Å². The van der Waals surface area contributed by atoms with Gasteiger partial charge in [0, 0.05) is 9.75 Å². The molecule has 0 spiro atoms. The van der Waals surface area contributed by atoms with Crippen LogP contribution in [0.4, 0.5) is 0 Å². The van der Waals surface area contributed by atoms with Crippen LogP contribution in [0.15, 0.2) is 12.1 Å². The Bertz CT molecular complexity index is 507. The highest BCUT2D eigenvalue weighted by molar-refractivity contribution is 7.93. The molecule has 0 aromatic carbocycles. The quantitative estimate of drug-likeness (QED) is 0.810. The maximum absolute atomic E-state index is 11.9. The molecule has 0 fully saturated rings. The molecular formula is C10H16N2O2S3. The average Bonchev–Trinajstić information content (AvgIpc) is 2.63. The van der Waals surface area contributed by atoms with Crippen LogP contribution in [-0.4, -0.2) is 18.7 Å². The highest BCUT2D eigenvalue weighted by Gasteiger charge is 2.25. The zero-order valence-electron chi connectivity index (χ0n) is 9.93. The van der Waals surface area contributed by atoms with Gasteiger partial charge in [-0.15, -0.1) is 11.3 Å². The molecule has 96 valence electrons. The van der Waals surface area contributed by atoms with Crippen molar-refractivity contribution in [3.8, 4) is 0 Å². The van der Waals surface area contributed by atoms with Crippen molar-refractivity contribution in [1.29, 1.82) is 0 Å². The van der Waals surface area contributed by atoms with Crippen molar-refractivity contribution in [2.75, 3.05) is 0 Å². The average molecular weight is 292 g/mol. The molecule has 0 aliphatic heterocycles. The maximum Gasteiger partial charge on any atom is 0.221 e. The molecule has 0 radical (unpaired) electrons. The summed E-state index contributed by atoms with van der Waals surface area (Å²) in [4.78, 5) is 2.10. The van der Waals surface area contributed by atoms with E-state index in [1.165, 1.54) is 6.92 Å². The second-order valence-corrected chi connectivity index (χ2v) is 7.70. The Kier molecular flexibility index (Phi) is 4.65. The van der Waals surface area contributed by atoms with Gasteiger partial charge in [-0.1, -0.05) is 12.2 Å². The van der Waals surface area contributed by atoms with Crippen LogP contribution in [0.25, 0.3) is 0 Å². The van der Waals surface area contributed by atoms with Gasteiger partial charge in [-0.05, 0) is 32.9 Å². The molecule has 0 amide bonds. The zero-order valence-corrected chi connectivity index (χ0v) is 12.4. The Morgan fingerprint density at radius 3 is 2.47 bits per heavy atom. The fourth-order valence-corrected chi connectivity index (χ4v) is 3.71. The molecule has 7 heteroatoms. The van der Waals surface area contributed by atoms with Gasteiger partial charge in [0.15, 0.2) is 0 Å². The normalized spacial score (nSPS) is 15.5. The number of aryl methyl sites for hydroxylation is 1. The summed E-state index contributed by atoms with van der Waals surface area (Å²) in [6, 6.07) is 3.61. The van der Waals surface area contributed by atoms with Crippen LogP contribution in [0, 0.1) is 6.92 Å². The molecule has 0 aliphatic rings. The molecule has 1 aromatic rings. The fourth-order valence-electron chi connectivity index (χ4n) is 1.25. The highest BCUT2D eigenvalue weighted by Crippen LogP contribution is 2.23. The minimum atomic E-state index is -3.51. The van der Waals surface area contributed by atoms with Crippen LogP contribution in [0.3, 0.4) is 0 Å². The van der Waals surface area contributed by atoms with Crippen molar-refractivity contribution in [2.45, 2.75) is 32.1 Å². The Morgan fingerprint density at radius 2 is 2.06 bits per heavy atom. The van der Waals surface area contributed by atoms with Crippen LogP contribution in [0.1, 0.15) is 29.6 Å². The summed E-state index contributed by atoms with van der Waals surface area (Å²) in [6.45, 7) is 5.26. The number of nitrogens with two attached hydrogens (primary N) is 1. The van der Waals surface area contributed by atoms with Gasteiger partial charge in [-0.3, -0.25) is 0 Å². The molecular weight excluding hydrogens is 276 g/mol. The predicted octanol–water partition coefficient (Wildman–Crippen LogP) is 1.71. The summed E-state index contributed by atoms with van der Waals surface area (Å²) in [6.07, 6.45) is 0. The first-order valence-electron chi connectivity index (χ1n) is 5.11. The summed E-state index contributed by atoms with van der Waals surface area (Å²) >= 11 is 6.27. The minimum Gasteiger partial charge on any atom is -0.392 e. The van der Waals surface area contributed by atoms with E-state index >= 15 is 0 Å². The Morgan fingerprint density at radius 1 is 1.47 bits per heavy atom. The number of thiocarbonyl (C=S) groups is 1. The molecule has 17 heavy (non-hydrogen) atoms. The molecule has 3 N–H and O–H groups in total. The number of sulfonamides is 1. The summed E-state index contributed by atoms with van der Waals surface area (Å²) in [5, 5.41) is -0.860. The lowest BCUT2D eigenvalue weighted by Gasteiger charge is -2.16. The highest BCUT2D eigenvalue weighted by atomic mass is 32.2. The molecule has 1 heterocycles. The van der Waals surface area contributed by atoms with Crippen molar-refractivity contribution in [2.24, 2.45) is 5.73 Å². The van der Waals surface area contributed by atoms with Gasteiger partial charge in [0.2, 0.25) is 10.0 Å². The molecule has 1 aromatic heterocycles. The first-order valence-corrected chi connectivity index (χ1v) is 7.88. The lowest BCUT2D eigenvalue weighted by Crippen LogP contribution is -2.40. The lowest BCUT2D eigenvalue weighted by molar-refractivity contribution is 0.565. The second kappa shape index (κ2) is 5.43. The molecule has 0 bridgehead atoms. The van der Waals surface area contributed by atoms with Crippen molar-refractivity contribution in [3.05, 3.63) is 21.9 Å². The van der Waals surface area contributed by atoms with Crippen LogP contribution in [0.2, 0.25) is 0 Å². The largest absolute Gasteiger partial charge is 0.392 e. The lowest BCUT2D eigenvalue weighted by atomic mass is 10.3. The van der Waals surface area contributed by atoms with Crippen molar-refractivity contribution in [1.82, 2.24) is 4.72 Å². The number of hydrogen-bond donors (Lipinski definition) is 2. The van der Waals surface area contributed by atoms with Gasteiger partial charge in [-0.25, -0.2) is 13.1 Å². The molecule has 0 saturated heterocycles. The number of rotatable bonds is 5. The zero-order chi connectivity index (χ0) is 13.2. The van der Waals surface area contributed by atoms with Crippen molar-refractivity contribution < 1.29 is 8.42 Å². The third-order valence-corrected chi connectivity index (χ3v) is 5.95. The first kappa shape index (κ1) is 14.6. The van der Waals surface area contributed by atoms with E-state index in [-0.39, 0.29) is 11.0 Å². The van der Waals surface area contributed by atoms with Crippen molar-refractivity contribution in [3.63, 3.8) is 0 Å². The Labute approximate surface area is 111 Å². The Balaban J connectivity index is 2.81. The fraction of sp³-hybridized carbons (Fsp3) is 0.500. The summed E-state index contributed by atoms with van der Waals surface area (Å²) < 4.78 is 26.4. The van der Waals surface area contributed by atoms with Gasteiger partial charge >= 0.3 is 0 Å². The van der Waals surface area contributed by atoms with Gasteiger partial charge in [0.05, 0.1) is 11.0 Å². The van der Waals surface area contributed by atoms with E-state index in [0.717, 1.165) is 9.75 Å². The van der Waals surface area contributed by atoms with E-state index in [0.29, 0.717) is 0 Å². The number of thiophene rings is 1. The molecule has 4 nitrogen and oxygen atoms in total. The maximum atomic E-state index is 11.9. The molecule has 0 aliphatic carbocycles. The molecule has 2 atom stereocenters. The van der Waals surface area contributed by atoms with Gasteiger partial charge in [0.25, 0.3) is 0 Å². The van der Waals surface area contributed by atoms with Gasteiger partial charge < -0.3 is 5.73 Å². The minimum absolute atomic E-state index is 0.0212. The second-order valence-electron chi connectivity index (χ2n) is 3.88. The third kappa shape index (κ3) is 3.74. The van der Waals surface area contributed by atoms with E-state index < -0.39 is 15.3 Å². The van der Waals surface area contributed by atoms with Gasteiger partial charge in [0.1, 0.15) is 5.25 Å². The van der Waals surface area contributed by atoms with Crippen LogP contribution < -0.4 is 10.5 Å². The standard InChI is InChI=1S/C10H16N2O2S3/c1-6-4-5-9(16-6)7(2)12-17(13,14)8(3)10(11)15/h4-5,7-8,12H,1-3H3,(H2,11,15). The van der Waals surface area contributed by atoms with E-state index in [4.69, 9.17) is 18.0 Å². The topological polar surface area (TPSA) is 72.2 Å². The monoisotopic (exact) mass is 292 g/mol. The summed E-state index contributed by atoms with van der Waals surface area (Å²) in [5.41, 5.74) is 5.36. The first-order chi connectivity index (χ1) is 7.74. The summed E-state index contributed by atoms with van der Waals surface area (Å²) in [5.74, 6) is 0. The van der Waals surface area contributed by atoms with Crippen molar-refractivity contribution >= 4 is 38.6 Å². The van der Waals surface area contributed by atoms with Crippen LogP contribution in [-0.2, 0) is 10.0 Å². The SMILES string of the molecule is Cc1ccc(C(C)NS(=O)(=O)C(C)C(N)=S)s1. The predicted molar refractivity (Wildman–Crippen MR) is 75.8 cm³/mol.